The smallest absolute Gasteiger partial charge is 0.157 e. The van der Waals surface area contributed by atoms with Crippen LogP contribution in [-0.2, 0) is 6.42 Å². The number of pyridine rings is 1. The van der Waals surface area contributed by atoms with Crippen molar-refractivity contribution in [1.29, 1.82) is 5.26 Å². The van der Waals surface area contributed by atoms with Gasteiger partial charge in [-0.2, -0.15) is 5.26 Å². The number of para-hydroxylation sites is 3. The highest BCUT2D eigenvalue weighted by atomic mass is 15.3. The molecule has 0 amide bonds. The van der Waals surface area contributed by atoms with Gasteiger partial charge in [-0.25, -0.2) is 4.98 Å². The van der Waals surface area contributed by atoms with Crippen molar-refractivity contribution in [2.75, 3.05) is 36.0 Å². The molecule has 1 fully saturated rings. The minimum absolute atomic E-state index is 0.708. The molecule has 1 aliphatic rings. The summed E-state index contributed by atoms with van der Waals surface area (Å²) in [6, 6.07) is 23.4. The van der Waals surface area contributed by atoms with Gasteiger partial charge in [-0.3, -0.25) is 4.40 Å². The van der Waals surface area contributed by atoms with Crippen LogP contribution in [0, 0.1) is 11.3 Å². The summed E-state index contributed by atoms with van der Waals surface area (Å²) in [6.45, 7) is 5.98. The molecule has 0 radical (unpaired) electrons. The van der Waals surface area contributed by atoms with Crippen LogP contribution in [0.2, 0.25) is 0 Å². The van der Waals surface area contributed by atoms with Gasteiger partial charge < -0.3 is 9.80 Å². The number of benzene rings is 2. The molecule has 4 aromatic rings. The van der Waals surface area contributed by atoms with Gasteiger partial charge in [-0.1, -0.05) is 43.7 Å². The standard InChI is InChI=1S/C25H25N5/c1-2-8-19-17-24(29-15-13-28(14-16-29)20-9-4-3-5-10-20)30-23-12-7-6-11-22(23)27-25(30)21(19)18-26/h3-7,9-12,17H,2,8,13-16H2,1H3. The van der Waals surface area contributed by atoms with Gasteiger partial charge in [-0.15, -0.1) is 0 Å². The molecule has 5 heteroatoms. The molecule has 0 aliphatic carbocycles. The number of nitriles is 1. The number of imidazole rings is 1. The lowest BCUT2D eigenvalue weighted by Gasteiger charge is -2.37. The van der Waals surface area contributed by atoms with Crippen molar-refractivity contribution in [3.8, 4) is 6.07 Å². The predicted octanol–water partition coefficient (Wildman–Crippen LogP) is 4.64. The molecule has 2 aromatic heterocycles. The fourth-order valence-corrected chi connectivity index (χ4v) is 4.52. The normalized spacial score (nSPS) is 14.4. The van der Waals surface area contributed by atoms with Crippen LogP contribution in [0.3, 0.4) is 0 Å². The molecule has 0 atom stereocenters. The summed E-state index contributed by atoms with van der Waals surface area (Å²) < 4.78 is 2.19. The van der Waals surface area contributed by atoms with Crippen LogP contribution in [0.15, 0.2) is 60.7 Å². The van der Waals surface area contributed by atoms with Crippen molar-refractivity contribution in [2.24, 2.45) is 0 Å². The summed E-state index contributed by atoms with van der Waals surface area (Å²) in [4.78, 5) is 9.74. The van der Waals surface area contributed by atoms with Gasteiger partial charge in [-0.05, 0) is 42.3 Å². The highest BCUT2D eigenvalue weighted by Gasteiger charge is 2.23. The number of rotatable bonds is 4. The molecule has 5 rings (SSSR count). The zero-order chi connectivity index (χ0) is 20.5. The largest absolute Gasteiger partial charge is 0.368 e. The van der Waals surface area contributed by atoms with Gasteiger partial charge in [0.15, 0.2) is 5.65 Å². The summed E-state index contributed by atoms with van der Waals surface area (Å²) in [5.74, 6) is 1.15. The third-order valence-corrected chi connectivity index (χ3v) is 5.99. The van der Waals surface area contributed by atoms with E-state index in [9.17, 15) is 5.26 Å². The number of hydrogen-bond acceptors (Lipinski definition) is 4. The Morgan fingerprint density at radius 3 is 2.37 bits per heavy atom. The van der Waals surface area contributed by atoms with E-state index in [1.165, 1.54) is 5.69 Å². The first-order chi connectivity index (χ1) is 14.8. The van der Waals surface area contributed by atoms with E-state index in [0.717, 1.165) is 67.1 Å². The topological polar surface area (TPSA) is 47.6 Å². The lowest BCUT2D eigenvalue weighted by atomic mass is 10.0. The summed E-state index contributed by atoms with van der Waals surface area (Å²) in [7, 11) is 0. The monoisotopic (exact) mass is 395 g/mol. The lowest BCUT2D eigenvalue weighted by Crippen LogP contribution is -2.47. The minimum atomic E-state index is 0.708. The number of fused-ring (bicyclic) bond motifs is 3. The van der Waals surface area contributed by atoms with Crippen LogP contribution in [0.1, 0.15) is 24.5 Å². The zero-order valence-corrected chi connectivity index (χ0v) is 17.3. The van der Waals surface area contributed by atoms with E-state index in [1.807, 2.05) is 18.2 Å². The van der Waals surface area contributed by atoms with Crippen LogP contribution in [0.25, 0.3) is 16.7 Å². The van der Waals surface area contributed by atoms with Crippen molar-refractivity contribution >= 4 is 28.2 Å². The molecule has 0 saturated carbocycles. The van der Waals surface area contributed by atoms with Crippen LogP contribution >= 0.6 is 0 Å². The van der Waals surface area contributed by atoms with E-state index in [-0.39, 0.29) is 0 Å². The average Bonchev–Trinajstić information content (AvgIpc) is 3.19. The number of anilines is 2. The summed E-state index contributed by atoms with van der Waals surface area (Å²) in [5, 5.41) is 9.91. The Balaban J connectivity index is 1.59. The Hall–Kier alpha value is -3.52. The number of piperazine rings is 1. The van der Waals surface area contributed by atoms with Gasteiger partial charge in [0.2, 0.25) is 0 Å². The molecule has 1 saturated heterocycles. The quantitative estimate of drug-likeness (QED) is 0.505. The maximum Gasteiger partial charge on any atom is 0.157 e. The Morgan fingerprint density at radius 2 is 1.63 bits per heavy atom. The molecular formula is C25H25N5. The third kappa shape index (κ3) is 3.05. The Labute approximate surface area is 176 Å². The second-order valence-corrected chi connectivity index (χ2v) is 7.83. The first-order valence-electron chi connectivity index (χ1n) is 10.7. The SMILES string of the molecule is CCCc1cc(N2CCN(c3ccccc3)CC2)n2c(nc3ccccc32)c1C#N. The molecule has 3 heterocycles. The van der Waals surface area contributed by atoms with Crippen LogP contribution in [0.4, 0.5) is 11.5 Å². The fourth-order valence-electron chi connectivity index (χ4n) is 4.52. The second kappa shape index (κ2) is 7.72. The van der Waals surface area contributed by atoms with E-state index in [4.69, 9.17) is 4.98 Å². The summed E-state index contributed by atoms with van der Waals surface area (Å²) in [5.41, 5.74) is 5.87. The predicted molar refractivity (Wildman–Crippen MR) is 122 cm³/mol. The lowest BCUT2D eigenvalue weighted by molar-refractivity contribution is 0.645. The van der Waals surface area contributed by atoms with Crippen LogP contribution in [0.5, 0.6) is 0 Å². The van der Waals surface area contributed by atoms with E-state index >= 15 is 0 Å². The third-order valence-electron chi connectivity index (χ3n) is 5.99. The average molecular weight is 396 g/mol. The van der Waals surface area contributed by atoms with Gasteiger partial charge >= 0.3 is 0 Å². The summed E-state index contributed by atoms with van der Waals surface area (Å²) in [6.07, 6.45) is 1.89. The van der Waals surface area contributed by atoms with Crippen molar-refractivity contribution in [3.05, 3.63) is 71.8 Å². The molecule has 0 bridgehead atoms. The van der Waals surface area contributed by atoms with E-state index in [0.29, 0.717) is 5.56 Å². The van der Waals surface area contributed by atoms with Gasteiger partial charge in [0.05, 0.1) is 16.6 Å². The molecule has 2 aromatic carbocycles. The molecule has 0 unspecified atom stereocenters. The first-order valence-corrected chi connectivity index (χ1v) is 10.7. The first kappa shape index (κ1) is 18.5. The number of aryl methyl sites for hydroxylation is 1. The second-order valence-electron chi connectivity index (χ2n) is 7.83. The number of nitrogens with zero attached hydrogens (tertiary/aromatic N) is 5. The van der Waals surface area contributed by atoms with E-state index in [1.54, 1.807) is 0 Å². The number of aromatic nitrogens is 2. The maximum atomic E-state index is 9.91. The van der Waals surface area contributed by atoms with E-state index < -0.39 is 0 Å². The minimum Gasteiger partial charge on any atom is -0.368 e. The molecular weight excluding hydrogens is 370 g/mol. The molecule has 1 aliphatic heterocycles. The number of hydrogen-bond donors (Lipinski definition) is 0. The molecule has 5 nitrogen and oxygen atoms in total. The van der Waals surface area contributed by atoms with Crippen molar-refractivity contribution in [2.45, 2.75) is 19.8 Å². The zero-order valence-electron chi connectivity index (χ0n) is 17.3. The van der Waals surface area contributed by atoms with E-state index in [2.05, 4.69) is 69.7 Å². The summed E-state index contributed by atoms with van der Waals surface area (Å²) >= 11 is 0. The van der Waals surface area contributed by atoms with Gasteiger partial charge in [0.1, 0.15) is 11.9 Å². The molecule has 0 N–H and O–H groups in total. The maximum absolute atomic E-state index is 9.91. The van der Waals surface area contributed by atoms with Crippen LogP contribution in [-0.4, -0.2) is 35.6 Å². The fraction of sp³-hybridized carbons (Fsp3) is 0.280. The molecule has 30 heavy (non-hydrogen) atoms. The van der Waals surface area contributed by atoms with Gasteiger partial charge in [0, 0.05) is 31.9 Å². The van der Waals surface area contributed by atoms with Crippen molar-refractivity contribution in [3.63, 3.8) is 0 Å². The van der Waals surface area contributed by atoms with Crippen molar-refractivity contribution in [1.82, 2.24) is 9.38 Å². The van der Waals surface area contributed by atoms with Crippen molar-refractivity contribution < 1.29 is 0 Å². The highest BCUT2D eigenvalue weighted by molar-refractivity contribution is 5.85. The van der Waals surface area contributed by atoms with Crippen LogP contribution < -0.4 is 9.80 Å². The molecule has 0 spiro atoms. The Bertz CT molecular complexity index is 1230. The van der Waals surface area contributed by atoms with Gasteiger partial charge in [0.25, 0.3) is 0 Å². The Morgan fingerprint density at radius 1 is 0.933 bits per heavy atom. The Kier molecular flexibility index (Phi) is 4.76. The highest BCUT2D eigenvalue weighted by Crippen LogP contribution is 2.30. The molecule has 150 valence electrons.